The first kappa shape index (κ1) is 13.4. The van der Waals surface area contributed by atoms with Gasteiger partial charge in [0.15, 0.2) is 0 Å². The van der Waals surface area contributed by atoms with Crippen LogP contribution >= 0.6 is 11.6 Å². The Hall–Kier alpha value is -2.07. The van der Waals surface area contributed by atoms with Gasteiger partial charge in [-0.25, -0.2) is 5.43 Å². The summed E-state index contributed by atoms with van der Waals surface area (Å²) >= 11 is 5.77. The van der Waals surface area contributed by atoms with Crippen LogP contribution in [0.3, 0.4) is 0 Å². The zero-order valence-electron chi connectivity index (χ0n) is 10.4. The molecule has 1 aromatic heterocycles. The number of nitrogens with one attached hydrogen (secondary N) is 1. The summed E-state index contributed by atoms with van der Waals surface area (Å²) in [5.74, 6) is 1.21. The molecular formula is C14H13ClN2O2. The molecule has 0 bridgehead atoms. The van der Waals surface area contributed by atoms with Gasteiger partial charge >= 0.3 is 0 Å². The molecule has 1 heterocycles. The standard InChI is InChI=1S/C14H13ClN2O2/c1-10-2-7-13(19-10)9-16-17-14(18)8-11-3-5-12(15)6-4-11/h2-7,9H,8H2,1H3,(H,17,18)/b16-9+. The van der Waals surface area contributed by atoms with Gasteiger partial charge in [-0.1, -0.05) is 23.7 Å². The monoisotopic (exact) mass is 276 g/mol. The van der Waals surface area contributed by atoms with Crippen molar-refractivity contribution in [3.05, 3.63) is 58.5 Å². The highest BCUT2D eigenvalue weighted by atomic mass is 35.5. The Labute approximate surface area is 116 Å². The second-order valence-electron chi connectivity index (χ2n) is 4.04. The average molecular weight is 277 g/mol. The summed E-state index contributed by atoms with van der Waals surface area (Å²) in [5, 5.41) is 4.47. The van der Waals surface area contributed by atoms with Crippen LogP contribution in [0.1, 0.15) is 17.1 Å². The average Bonchev–Trinajstić information content (AvgIpc) is 2.78. The van der Waals surface area contributed by atoms with Crippen molar-refractivity contribution in [1.82, 2.24) is 5.43 Å². The fourth-order valence-electron chi connectivity index (χ4n) is 1.52. The summed E-state index contributed by atoms with van der Waals surface area (Å²) < 4.78 is 5.28. The predicted octanol–water partition coefficient (Wildman–Crippen LogP) is 2.93. The molecule has 0 aliphatic carbocycles. The molecule has 0 saturated heterocycles. The summed E-state index contributed by atoms with van der Waals surface area (Å²) in [7, 11) is 0. The topological polar surface area (TPSA) is 54.6 Å². The smallest absolute Gasteiger partial charge is 0.244 e. The Morgan fingerprint density at radius 2 is 2.05 bits per heavy atom. The first-order valence-corrected chi connectivity index (χ1v) is 6.14. The van der Waals surface area contributed by atoms with Crippen molar-refractivity contribution < 1.29 is 9.21 Å². The molecule has 0 atom stereocenters. The van der Waals surface area contributed by atoms with Crippen LogP contribution < -0.4 is 5.43 Å². The maximum absolute atomic E-state index is 11.6. The van der Waals surface area contributed by atoms with Gasteiger partial charge in [-0.05, 0) is 36.8 Å². The molecule has 1 aromatic carbocycles. The largest absolute Gasteiger partial charge is 0.460 e. The third-order valence-electron chi connectivity index (χ3n) is 2.42. The lowest BCUT2D eigenvalue weighted by Gasteiger charge is -2.00. The fourth-order valence-corrected chi connectivity index (χ4v) is 1.64. The van der Waals surface area contributed by atoms with Crippen LogP contribution in [0.2, 0.25) is 5.02 Å². The fraction of sp³-hybridized carbons (Fsp3) is 0.143. The number of carbonyl (C=O) groups is 1. The third kappa shape index (κ3) is 4.26. The van der Waals surface area contributed by atoms with Gasteiger partial charge in [-0.3, -0.25) is 4.79 Å². The number of hydrazone groups is 1. The van der Waals surface area contributed by atoms with E-state index in [1.807, 2.05) is 25.1 Å². The van der Waals surface area contributed by atoms with E-state index in [9.17, 15) is 4.79 Å². The van der Waals surface area contributed by atoms with Gasteiger partial charge < -0.3 is 4.42 Å². The van der Waals surface area contributed by atoms with Crippen LogP contribution in [-0.2, 0) is 11.2 Å². The van der Waals surface area contributed by atoms with Crippen molar-refractivity contribution in [1.29, 1.82) is 0 Å². The van der Waals surface area contributed by atoms with E-state index in [4.69, 9.17) is 16.0 Å². The van der Waals surface area contributed by atoms with E-state index < -0.39 is 0 Å². The molecule has 1 amide bonds. The second kappa shape index (κ2) is 6.20. The minimum absolute atomic E-state index is 0.193. The molecule has 98 valence electrons. The number of rotatable bonds is 4. The van der Waals surface area contributed by atoms with E-state index in [-0.39, 0.29) is 12.3 Å². The van der Waals surface area contributed by atoms with E-state index >= 15 is 0 Å². The van der Waals surface area contributed by atoms with E-state index in [0.717, 1.165) is 11.3 Å². The van der Waals surface area contributed by atoms with Crippen LogP contribution in [-0.4, -0.2) is 12.1 Å². The lowest BCUT2D eigenvalue weighted by Crippen LogP contribution is -2.19. The number of halogens is 1. The zero-order valence-corrected chi connectivity index (χ0v) is 11.1. The Morgan fingerprint density at radius 3 is 2.68 bits per heavy atom. The highest BCUT2D eigenvalue weighted by molar-refractivity contribution is 6.30. The maximum atomic E-state index is 11.6. The number of hydrogen-bond donors (Lipinski definition) is 1. The van der Waals surface area contributed by atoms with Crippen molar-refractivity contribution in [2.75, 3.05) is 0 Å². The molecule has 0 saturated carbocycles. The maximum Gasteiger partial charge on any atom is 0.244 e. The van der Waals surface area contributed by atoms with Crippen LogP contribution in [0.5, 0.6) is 0 Å². The van der Waals surface area contributed by atoms with Crippen molar-refractivity contribution in [3.63, 3.8) is 0 Å². The summed E-state index contributed by atoms with van der Waals surface area (Å²) in [4.78, 5) is 11.6. The van der Waals surface area contributed by atoms with Crippen molar-refractivity contribution in [2.24, 2.45) is 5.10 Å². The molecule has 5 heteroatoms. The van der Waals surface area contributed by atoms with E-state index in [1.54, 1.807) is 18.2 Å². The number of aryl methyl sites for hydroxylation is 1. The molecule has 2 rings (SSSR count). The molecule has 0 spiro atoms. The van der Waals surface area contributed by atoms with Crippen molar-refractivity contribution in [3.8, 4) is 0 Å². The Balaban J connectivity index is 1.84. The first-order valence-electron chi connectivity index (χ1n) is 5.76. The van der Waals surface area contributed by atoms with Gasteiger partial charge in [0, 0.05) is 5.02 Å². The van der Waals surface area contributed by atoms with Gasteiger partial charge in [0.1, 0.15) is 11.5 Å². The number of carbonyl (C=O) groups excluding carboxylic acids is 1. The number of nitrogens with zero attached hydrogens (tertiary/aromatic N) is 1. The Bertz CT molecular complexity index is 588. The SMILES string of the molecule is Cc1ccc(/C=N/NC(=O)Cc2ccc(Cl)cc2)o1. The number of amides is 1. The summed E-state index contributed by atoms with van der Waals surface area (Å²) in [6.45, 7) is 1.84. The predicted molar refractivity (Wildman–Crippen MR) is 74.3 cm³/mol. The molecule has 1 N–H and O–H groups in total. The third-order valence-corrected chi connectivity index (χ3v) is 2.67. The second-order valence-corrected chi connectivity index (χ2v) is 4.48. The van der Waals surface area contributed by atoms with Crippen molar-refractivity contribution in [2.45, 2.75) is 13.3 Å². The minimum atomic E-state index is -0.193. The van der Waals surface area contributed by atoms with E-state index in [1.165, 1.54) is 6.21 Å². The molecule has 0 aliphatic rings. The number of benzene rings is 1. The highest BCUT2D eigenvalue weighted by Crippen LogP contribution is 2.09. The normalized spacial score (nSPS) is 10.8. The Morgan fingerprint density at radius 1 is 1.32 bits per heavy atom. The molecule has 2 aromatic rings. The zero-order chi connectivity index (χ0) is 13.7. The Kier molecular flexibility index (Phi) is 4.36. The summed E-state index contributed by atoms with van der Waals surface area (Å²) in [5.41, 5.74) is 3.32. The molecule has 0 aliphatic heterocycles. The summed E-state index contributed by atoms with van der Waals surface area (Å²) in [6.07, 6.45) is 1.72. The van der Waals surface area contributed by atoms with Crippen LogP contribution in [0.4, 0.5) is 0 Å². The van der Waals surface area contributed by atoms with Gasteiger partial charge in [0.05, 0.1) is 12.6 Å². The van der Waals surface area contributed by atoms with Gasteiger partial charge in [-0.2, -0.15) is 5.10 Å². The van der Waals surface area contributed by atoms with Gasteiger partial charge in [0.25, 0.3) is 0 Å². The summed E-state index contributed by atoms with van der Waals surface area (Å²) in [6, 6.07) is 10.7. The number of hydrogen-bond acceptors (Lipinski definition) is 3. The molecule has 0 unspecified atom stereocenters. The molecule has 0 fully saturated rings. The quantitative estimate of drug-likeness (QED) is 0.689. The molecule has 0 radical (unpaired) electrons. The van der Waals surface area contributed by atoms with Crippen LogP contribution in [0.15, 0.2) is 45.9 Å². The minimum Gasteiger partial charge on any atom is -0.460 e. The van der Waals surface area contributed by atoms with E-state index in [2.05, 4.69) is 10.5 Å². The van der Waals surface area contributed by atoms with Gasteiger partial charge in [-0.15, -0.1) is 0 Å². The van der Waals surface area contributed by atoms with Crippen LogP contribution in [0.25, 0.3) is 0 Å². The lowest BCUT2D eigenvalue weighted by atomic mass is 10.1. The first-order chi connectivity index (χ1) is 9.13. The van der Waals surface area contributed by atoms with Gasteiger partial charge in [0.2, 0.25) is 5.91 Å². The lowest BCUT2D eigenvalue weighted by molar-refractivity contribution is -0.120. The van der Waals surface area contributed by atoms with Crippen molar-refractivity contribution >= 4 is 23.7 Å². The number of furan rings is 1. The molecule has 4 nitrogen and oxygen atoms in total. The van der Waals surface area contributed by atoms with E-state index in [0.29, 0.717) is 10.8 Å². The molecule has 19 heavy (non-hydrogen) atoms. The highest BCUT2D eigenvalue weighted by Gasteiger charge is 2.02. The van der Waals surface area contributed by atoms with Crippen LogP contribution in [0, 0.1) is 6.92 Å². The molecular weight excluding hydrogens is 264 g/mol.